The zero-order chi connectivity index (χ0) is 18.2. The van der Waals surface area contributed by atoms with Crippen molar-refractivity contribution in [3.8, 4) is 0 Å². The van der Waals surface area contributed by atoms with Gasteiger partial charge in [0.2, 0.25) is 0 Å². The highest BCUT2D eigenvalue weighted by molar-refractivity contribution is 5.27. The minimum Gasteiger partial charge on any atom is -0.373 e. The van der Waals surface area contributed by atoms with Crippen LogP contribution in [0, 0.1) is 5.92 Å². The van der Waals surface area contributed by atoms with Crippen molar-refractivity contribution in [2.45, 2.75) is 96.2 Å². The zero-order valence-electron chi connectivity index (χ0n) is 16.9. The number of hydrogen-bond donors (Lipinski definition) is 0. The predicted molar refractivity (Wildman–Crippen MR) is 109 cm³/mol. The molecule has 2 atom stereocenters. The number of hydrogen-bond acceptors (Lipinski definition) is 2. The maximum Gasteiger partial charge on any atom is 0.106 e. The van der Waals surface area contributed by atoms with Crippen LogP contribution in [-0.4, -0.2) is 19.3 Å². The third-order valence-electron chi connectivity index (χ3n) is 6.51. The molecular weight excluding hydrogens is 320 g/mol. The summed E-state index contributed by atoms with van der Waals surface area (Å²) in [6.45, 7) is 5.88. The molecule has 0 aromatic heterocycles. The number of benzene rings is 1. The standard InChI is InChI=1S/C24H38O2/c1-3-5-6-7-8-19-9-11-20(12-10-19)21-13-15-22(16-14-21)24-18-25-23(4-2)17-26-24/h13-16,19-20,23-24H,3-12,17-18H2,1-2H3/t19-,20-,23-,24-/m0/s1. The largest absolute Gasteiger partial charge is 0.373 e. The zero-order valence-corrected chi connectivity index (χ0v) is 16.9. The molecule has 2 fully saturated rings. The Morgan fingerprint density at radius 2 is 1.54 bits per heavy atom. The molecular formula is C24H38O2. The van der Waals surface area contributed by atoms with Crippen molar-refractivity contribution in [2.24, 2.45) is 5.92 Å². The Morgan fingerprint density at radius 1 is 0.808 bits per heavy atom. The third kappa shape index (κ3) is 5.57. The lowest BCUT2D eigenvalue weighted by molar-refractivity contribution is -0.135. The fourth-order valence-corrected chi connectivity index (χ4v) is 4.60. The van der Waals surface area contributed by atoms with E-state index in [1.807, 2.05) is 0 Å². The van der Waals surface area contributed by atoms with E-state index < -0.39 is 0 Å². The first-order chi connectivity index (χ1) is 12.8. The van der Waals surface area contributed by atoms with E-state index >= 15 is 0 Å². The summed E-state index contributed by atoms with van der Waals surface area (Å²) in [6, 6.07) is 9.23. The summed E-state index contributed by atoms with van der Waals surface area (Å²) < 4.78 is 11.9. The Hall–Kier alpha value is -0.860. The molecule has 3 rings (SSSR count). The average Bonchev–Trinajstić information content (AvgIpc) is 2.72. The lowest BCUT2D eigenvalue weighted by Crippen LogP contribution is -2.30. The summed E-state index contributed by atoms with van der Waals surface area (Å²) in [4.78, 5) is 0. The van der Waals surface area contributed by atoms with E-state index in [4.69, 9.17) is 9.47 Å². The van der Waals surface area contributed by atoms with Crippen LogP contribution in [0.4, 0.5) is 0 Å². The molecule has 0 spiro atoms. The van der Waals surface area contributed by atoms with Crippen LogP contribution in [0.2, 0.25) is 0 Å². The number of unbranched alkanes of at least 4 members (excludes halogenated alkanes) is 3. The summed E-state index contributed by atoms with van der Waals surface area (Å²) >= 11 is 0. The first-order valence-electron chi connectivity index (χ1n) is 11.1. The number of rotatable bonds is 8. The molecule has 1 aliphatic heterocycles. The Morgan fingerprint density at radius 3 is 2.15 bits per heavy atom. The molecule has 0 bridgehead atoms. The van der Waals surface area contributed by atoms with Gasteiger partial charge < -0.3 is 9.47 Å². The van der Waals surface area contributed by atoms with Gasteiger partial charge in [0.25, 0.3) is 0 Å². The first kappa shape index (κ1) is 19.9. The SMILES string of the molecule is CCCCCC[C@H]1CC[C@H](c2ccc([C@@H]3CO[C@@H](CC)CO3)cc2)CC1. The van der Waals surface area contributed by atoms with Gasteiger partial charge in [-0.1, -0.05) is 70.2 Å². The molecule has 2 heteroatoms. The minimum atomic E-state index is 0.116. The van der Waals surface area contributed by atoms with Gasteiger partial charge in [-0.25, -0.2) is 0 Å². The lowest BCUT2D eigenvalue weighted by atomic mass is 9.77. The molecule has 1 aromatic rings. The molecule has 1 aromatic carbocycles. The third-order valence-corrected chi connectivity index (χ3v) is 6.51. The van der Waals surface area contributed by atoms with Gasteiger partial charge in [-0.05, 0) is 55.1 Å². The van der Waals surface area contributed by atoms with Crippen molar-refractivity contribution in [2.75, 3.05) is 13.2 Å². The molecule has 1 aliphatic carbocycles. The van der Waals surface area contributed by atoms with Crippen molar-refractivity contribution in [3.63, 3.8) is 0 Å². The molecule has 146 valence electrons. The Kier molecular flexibility index (Phi) is 8.01. The molecule has 2 aliphatic rings. The smallest absolute Gasteiger partial charge is 0.106 e. The average molecular weight is 359 g/mol. The van der Waals surface area contributed by atoms with Crippen LogP contribution in [-0.2, 0) is 9.47 Å². The van der Waals surface area contributed by atoms with E-state index in [2.05, 4.69) is 38.1 Å². The Balaban J connectivity index is 1.43. The summed E-state index contributed by atoms with van der Waals surface area (Å²) in [5.41, 5.74) is 2.80. The van der Waals surface area contributed by atoms with Crippen LogP contribution >= 0.6 is 0 Å². The lowest BCUT2D eigenvalue weighted by Gasteiger charge is -2.30. The molecule has 1 saturated heterocycles. The summed E-state index contributed by atoms with van der Waals surface area (Å²) in [5, 5.41) is 0. The van der Waals surface area contributed by atoms with E-state index in [1.165, 1.54) is 68.9 Å². The van der Waals surface area contributed by atoms with Crippen molar-refractivity contribution in [3.05, 3.63) is 35.4 Å². The molecule has 0 radical (unpaired) electrons. The van der Waals surface area contributed by atoms with Crippen LogP contribution in [0.25, 0.3) is 0 Å². The van der Waals surface area contributed by atoms with E-state index in [-0.39, 0.29) is 12.2 Å². The second-order valence-electron chi connectivity index (χ2n) is 8.42. The van der Waals surface area contributed by atoms with E-state index in [9.17, 15) is 0 Å². The molecule has 2 nitrogen and oxygen atoms in total. The normalized spacial score (nSPS) is 29.6. The second kappa shape index (κ2) is 10.5. The van der Waals surface area contributed by atoms with Crippen molar-refractivity contribution in [1.82, 2.24) is 0 Å². The minimum absolute atomic E-state index is 0.116. The van der Waals surface area contributed by atoms with Crippen LogP contribution < -0.4 is 0 Å². The van der Waals surface area contributed by atoms with Gasteiger partial charge in [0.1, 0.15) is 6.10 Å². The van der Waals surface area contributed by atoms with Gasteiger partial charge in [0.15, 0.2) is 0 Å². The van der Waals surface area contributed by atoms with Crippen molar-refractivity contribution < 1.29 is 9.47 Å². The molecule has 0 amide bonds. The van der Waals surface area contributed by atoms with Crippen LogP contribution in [0.15, 0.2) is 24.3 Å². The van der Waals surface area contributed by atoms with Crippen LogP contribution in [0.5, 0.6) is 0 Å². The molecule has 1 saturated carbocycles. The Labute approximate surface area is 160 Å². The van der Waals surface area contributed by atoms with Gasteiger partial charge in [-0.2, -0.15) is 0 Å². The summed E-state index contributed by atoms with van der Waals surface area (Å²) in [7, 11) is 0. The van der Waals surface area contributed by atoms with Gasteiger partial charge in [0, 0.05) is 0 Å². The van der Waals surface area contributed by atoms with E-state index in [0.717, 1.165) is 24.9 Å². The maximum absolute atomic E-state index is 6.00. The van der Waals surface area contributed by atoms with Crippen molar-refractivity contribution in [1.29, 1.82) is 0 Å². The van der Waals surface area contributed by atoms with E-state index in [0.29, 0.717) is 6.61 Å². The fraction of sp³-hybridized carbons (Fsp3) is 0.750. The highest BCUT2D eigenvalue weighted by Gasteiger charge is 2.24. The molecule has 1 heterocycles. The number of ether oxygens (including phenoxy) is 2. The fourth-order valence-electron chi connectivity index (χ4n) is 4.60. The van der Waals surface area contributed by atoms with Crippen LogP contribution in [0.3, 0.4) is 0 Å². The first-order valence-corrected chi connectivity index (χ1v) is 11.1. The Bertz CT molecular complexity index is 493. The maximum atomic E-state index is 6.00. The van der Waals surface area contributed by atoms with Gasteiger partial charge in [0.05, 0.1) is 19.3 Å². The van der Waals surface area contributed by atoms with Crippen LogP contribution in [0.1, 0.15) is 101 Å². The van der Waals surface area contributed by atoms with Crippen molar-refractivity contribution >= 4 is 0 Å². The monoisotopic (exact) mass is 358 g/mol. The summed E-state index contributed by atoms with van der Waals surface area (Å²) in [6.07, 6.45) is 14.1. The van der Waals surface area contributed by atoms with Gasteiger partial charge in [-0.3, -0.25) is 0 Å². The second-order valence-corrected chi connectivity index (χ2v) is 8.42. The van der Waals surface area contributed by atoms with Gasteiger partial charge in [-0.15, -0.1) is 0 Å². The molecule has 0 N–H and O–H groups in total. The highest BCUT2D eigenvalue weighted by Crippen LogP contribution is 2.38. The molecule has 26 heavy (non-hydrogen) atoms. The highest BCUT2D eigenvalue weighted by atomic mass is 16.6. The molecule has 0 unspecified atom stereocenters. The predicted octanol–water partition coefficient (Wildman–Crippen LogP) is 6.80. The van der Waals surface area contributed by atoms with Gasteiger partial charge >= 0.3 is 0 Å². The quantitative estimate of drug-likeness (QED) is 0.476. The topological polar surface area (TPSA) is 18.5 Å². The summed E-state index contributed by atoms with van der Waals surface area (Å²) in [5.74, 6) is 1.76. The van der Waals surface area contributed by atoms with E-state index in [1.54, 1.807) is 0 Å².